The number of hydrogen-bond donors (Lipinski definition) is 2. The Labute approximate surface area is 130 Å². The Morgan fingerprint density at radius 3 is 2.83 bits per heavy atom. The summed E-state index contributed by atoms with van der Waals surface area (Å²) in [6, 6.07) is 6.39. The van der Waals surface area contributed by atoms with Crippen molar-refractivity contribution in [2.24, 2.45) is 0 Å². The third-order valence-corrected chi connectivity index (χ3v) is 3.74. The van der Waals surface area contributed by atoms with Gasteiger partial charge in [-0.05, 0) is 37.1 Å². The molecule has 2 N–H and O–H groups in total. The van der Waals surface area contributed by atoms with E-state index < -0.39 is 6.08 Å². The van der Waals surface area contributed by atoms with Crippen molar-refractivity contribution in [1.29, 1.82) is 0 Å². The van der Waals surface area contributed by atoms with Crippen LogP contribution in [0.1, 0.15) is 19.1 Å². The zero-order valence-electron chi connectivity index (χ0n) is 12.1. The number of nitrogens with zero attached hydrogens (tertiary/aromatic N) is 4. The highest BCUT2D eigenvalue weighted by Crippen LogP contribution is 2.29. The molecule has 23 heavy (non-hydrogen) atoms. The number of hydrogen-bond acceptors (Lipinski definition) is 6. The lowest BCUT2D eigenvalue weighted by Gasteiger charge is -2.12. The molecule has 1 saturated heterocycles. The number of phenols is 1. The van der Waals surface area contributed by atoms with E-state index in [9.17, 15) is 9.50 Å². The van der Waals surface area contributed by atoms with Crippen molar-refractivity contribution in [3.05, 3.63) is 36.7 Å². The molecule has 1 aliphatic rings. The second-order valence-electron chi connectivity index (χ2n) is 5.30. The van der Waals surface area contributed by atoms with E-state index in [0.29, 0.717) is 23.5 Å². The fraction of sp³-hybridized carbons (Fsp3) is 0.267. The first-order chi connectivity index (χ1) is 11.2. The zero-order valence-corrected chi connectivity index (χ0v) is 12.1. The summed E-state index contributed by atoms with van der Waals surface area (Å²) in [5, 5.41) is 12.3. The number of halogens is 1. The van der Waals surface area contributed by atoms with Crippen molar-refractivity contribution in [1.82, 2.24) is 19.5 Å². The fourth-order valence-corrected chi connectivity index (χ4v) is 2.65. The minimum Gasteiger partial charge on any atom is -0.508 e. The van der Waals surface area contributed by atoms with Crippen LogP contribution in [0.3, 0.4) is 0 Å². The van der Waals surface area contributed by atoms with E-state index in [1.165, 1.54) is 12.1 Å². The molecule has 3 aromatic rings. The van der Waals surface area contributed by atoms with Crippen LogP contribution in [0.2, 0.25) is 0 Å². The monoisotopic (exact) mass is 315 g/mol. The van der Waals surface area contributed by atoms with Gasteiger partial charge in [-0.25, -0.2) is 4.98 Å². The molecule has 1 unspecified atom stereocenters. The molecular formula is C15H14FN5O2. The smallest absolute Gasteiger partial charge is 0.312 e. The van der Waals surface area contributed by atoms with Crippen LogP contribution in [0, 0.1) is 6.08 Å². The number of nitrogens with one attached hydrogen (secondary N) is 1. The quantitative estimate of drug-likeness (QED) is 0.571. The normalized spacial score (nSPS) is 17.7. The molecule has 2 aromatic heterocycles. The number of aromatic hydroxyl groups is 1. The molecule has 1 aromatic carbocycles. The van der Waals surface area contributed by atoms with Gasteiger partial charge in [0, 0.05) is 12.3 Å². The highest BCUT2D eigenvalue weighted by Gasteiger charge is 2.22. The van der Waals surface area contributed by atoms with Gasteiger partial charge in [-0.2, -0.15) is 14.4 Å². The fourth-order valence-electron chi connectivity index (χ4n) is 2.65. The summed E-state index contributed by atoms with van der Waals surface area (Å²) in [5.41, 5.74) is 1.52. The molecule has 4 rings (SSSR count). The highest BCUT2D eigenvalue weighted by atomic mass is 19.1. The Morgan fingerprint density at radius 1 is 1.26 bits per heavy atom. The van der Waals surface area contributed by atoms with Crippen LogP contribution in [-0.2, 0) is 4.74 Å². The Kier molecular flexibility index (Phi) is 3.30. The van der Waals surface area contributed by atoms with Crippen LogP contribution in [0.4, 0.5) is 15.9 Å². The van der Waals surface area contributed by atoms with Crippen molar-refractivity contribution in [2.75, 3.05) is 11.9 Å². The van der Waals surface area contributed by atoms with E-state index in [4.69, 9.17) is 4.74 Å². The van der Waals surface area contributed by atoms with E-state index in [1.807, 2.05) is 0 Å². The second-order valence-corrected chi connectivity index (χ2v) is 5.30. The minimum atomic E-state index is -0.835. The van der Waals surface area contributed by atoms with Gasteiger partial charge in [0.05, 0.1) is 6.33 Å². The summed E-state index contributed by atoms with van der Waals surface area (Å²) in [6.07, 6.45) is 2.39. The number of aromatic nitrogens is 4. The number of ether oxygens (including phenoxy) is 1. The lowest BCUT2D eigenvalue weighted by Crippen LogP contribution is -2.08. The van der Waals surface area contributed by atoms with E-state index in [2.05, 4.69) is 20.3 Å². The number of fused-ring (bicyclic) bond motifs is 1. The van der Waals surface area contributed by atoms with Crippen LogP contribution >= 0.6 is 0 Å². The standard InChI is InChI=1S/C15H14FN5O2/c16-15-19-13(18-9-3-5-10(22)6-4-9)12-14(20-15)21(8-17-12)11-2-1-7-23-11/h3-6,8,11,22H,1-2,7H2,(H,18,19,20). The van der Waals surface area contributed by atoms with Gasteiger partial charge in [-0.15, -0.1) is 0 Å². The molecule has 0 spiro atoms. The van der Waals surface area contributed by atoms with Crippen LogP contribution in [0.25, 0.3) is 11.2 Å². The summed E-state index contributed by atoms with van der Waals surface area (Å²) in [7, 11) is 0. The highest BCUT2D eigenvalue weighted by molar-refractivity contribution is 5.85. The predicted octanol–water partition coefficient (Wildman–Crippen LogP) is 2.72. The van der Waals surface area contributed by atoms with Crippen molar-refractivity contribution in [3.63, 3.8) is 0 Å². The number of phenolic OH excluding ortho intramolecular Hbond substituents is 1. The number of benzene rings is 1. The van der Waals surface area contributed by atoms with E-state index in [-0.39, 0.29) is 17.8 Å². The zero-order chi connectivity index (χ0) is 15.8. The van der Waals surface area contributed by atoms with Crippen molar-refractivity contribution >= 4 is 22.7 Å². The number of rotatable bonds is 3. The van der Waals surface area contributed by atoms with Gasteiger partial charge in [-0.3, -0.25) is 4.57 Å². The lowest BCUT2D eigenvalue weighted by molar-refractivity contribution is 0.0592. The Hall–Kier alpha value is -2.74. The molecule has 1 aliphatic heterocycles. The maximum atomic E-state index is 13.8. The van der Waals surface area contributed by atoms with Gasteiger partial charge in [0.25, 0.3) is 0 Å². The molecule has 3 heterocycles. The van der Waals surface area contributed by atoms with Gasteiger partial charge in [0.2, 0.25) is 0 Å². The molecule has 0 saturated carbocycles. The maximum Gasteiger partial charge on any atom is 0.312 e. The largest absolute Gasteiger partial charge is 0.508 e. The summed E-state index contributed by atoms with van der Waals surface area (Å²) in [6.45, 7) is 0.677. The van der Waals surface area contributed by atoms with Crippen LogP contribution in [0.5, 0.6) is 5.75 Å². The average molecular weight is 315 g/mol. The third-order valence-electron chi connectivity index (χ3n) is 3.74. The van der Waals surface area contributed by atoms with E-state index >= 15 is 0 Å². The summed E-state index contributed by atoms with van der Waals surface area (Å²) in [4.78, 5) is 11.9. The summed E-state index contributed by atoms with van der Waals surface area (Å²) in [5.74, 6) is 0.423. The Bertz CT molecular complexity index is 843. The lowest BCUT2D eigenvalue weighted by atomic mass is 10.3. The van der Waals surface area contributed by atoms with E-state index in [1.54, 1.807) is 23.0 Å². The predicted molar refractivity (Wildman–Crippen MR) is 80.9 cm³/mol. The van der Waals surface area contributed by atoms with Crippen molar-refractivity contribution in [3.8, 4) is 5.75 Å². The van der Waals surface area contributed by atoms with Crippen LogP contribution < -0.4 is 5.32 Å². The SMILES string of the molecule is Oc1ccc(Nc2nc(F)nc3c2ncn3C2CCCO2)cc1. The molecule has 0 aliphatic carbocycles. The van der Waals surface area contributed by atoms with Crippen LogP contribution in [0.15, 0.2) is 30.6 Å². The molecule has 118 valence electrons. The summed E-state index contributed by atoms with van der Waals surface area (Å²) >= 11 is 0. The first kappa shape index (κ1) is 13.9. The molecule has 0 radical (unpaired) electrons. The molecule has 8 heteroatoms. The number of anilines is 2. The molecule has 7 nitrogen and oxygen atoms in total. The van der Waals surface area contributed by atoms with Gasteiger partial charge < -0.3 is 15.2 Å². The molecule has 1 fully saturated rings. The Balaban J connectivity index is 1.75. The van der Waals surface area contributed by atoms with Gasteiger partial charge in [0.1, 0.15) is 12.0 Å². The van der Waals surface area contributed by atoms with E-state index in [0.717, 1.165) is 12.8 Å². The van der Waals surface area contributed by atoms with Gasteiger partial charge in [-0.1, -0.05) is 0 Å². The molecule has 1 atom stereocenters. The molecule has 0 amide bonds. The number of imidazole rings is 1. The van der Waals surface area contributed by atoms with Crippen molar-refractivity contribution < 1.29 is 14.2 Å². The van der Waals surface area contributed by atoms with Gasteiger partial charge in [0.15, 0.2) is 17.0 Å². The topological polar surface area (TPSA) is 85.1 Å². The maximum absolute atomic E-state index is 13.8. The molecule has 0 bridgehead atoms. The first-order valence-electron chi connectivity index (χ1n) is 7.28. The average Bonchev–Trinajstić information content (AvgIpc) is 3.18. The first-order valence-corrected chi connectivity index (χ1v) is 7.28. The van der Waals surface area contributed by atoms with Gasteiger partial charge >= 0.3 is 6.08 Å². The van der Waals surface area contributed by atoms with Crippen molar-refractivity contribution in [2.45, 2.75) is 19.1 Å². The third kappa shape index (κ3) is 2.57. The minimum absolute atomic E-state index is 0.150. The summed E-state index contributed by atoms with van der Waals surface area (Å²) < 4.78 is 21.2. The Morgan fingerprint density at radius 2 is 2.09 bits per heavy atom. The second kappa shape index (κ2) is 5.47. The van der Waals surface area contributed by atoms with Crippen LogP contribution in [-0.4, -0.2) is 31.2 Å². The molecular weight excluding hydrogens is 301 g/mol.